The van der Waals surface area contributed by atoms with E-state index in [-0.39, 0.29) is 11.3 Å². The summed E-state index contributed by atoms with van der Waals surface area (Å²) in [6.07, 6.45) is 3.30. The average Bonchev–Trinajstić information content (AvgIpc) is 2.47. The van der Waals surface area contributed by atoms with Gasteiger partial charge in [0.15, 0.2) is 0 Å². The first-order valence-corrected chi connectivity index (χ1v) is 8.93. The molecule has 0 saturated carbocycles. The van der Waals surface area contributed by atoms with Crippen molar-refractivity contribution >= 4 is 15.7 Å². The molecule has 2 aliphatic rings. The van der Waals surface area contributed by atoms with Gasteiger partial charge in [0.2, 0.25) is 10.0 Å². The third kappa shape index (κ3) is 2.33. The zero-order valence-electron chi connectivity index (χ0n) is 11.9. The predicted octanol–water partition coefficient (Wildman–Crippen LogP) is 1.91. The highest BCUT2D eigenvalue weighted by molar-refractivity contribution is 7.93. The van der Waals surface area contributed by atoms with Gasteiger partial charge in [-0.05, 0) is 57.3 Å². The molecule has 110 valence electrons. The van der Waals surface area contributed by atoms with Gasteiger partial charge in [0.1, 0.15) is 0 Å². The van der Waals surface area contributed by atoms with Crippen LogP contribution in [0.1, 0.15) is 31.7 Å². The zero-order valence-corrected chi connectivity index (χ0v) is 12.7. The summed E-state index contributed by atoms with van der Waals surface area (Å²) >= 11 is 0. The molecular formula is C15H22N2O2S. The quantitative estimate of drug-likeness (QED) is 0.906. The van der Waals surface area contributed by atoms with E-state index < -0.39 is 10.0 Å². The van der Waals surface area contributed by atoms with Crippen molar-refractivity contribution in [3.05, 3.63) is 29.8 Å². The van der Waals surface area contributed by atoms with Gasteiger partial charge in [-0.1, -0.05) is 18.2 Å². The number of benzene rings is 1. The Labute approximate surface area is 121 Å². The minimum absolute atomic E-state index is 0.0600. The molecule has 2 heterocycles. The fraction of sp³-hybridized carbons (Fsp3) is 0.600. The van der Waals surface area contributed by atoms with Crippen LogP contribution in [0.15, 0.2) is 24.3 Å². The first-order valence-electron chi connectivity index (χ1n) is 7.42. The molecular weight excluding hydrogens is 272 g/mol. The number of aryl methyl sites for hydroxylation is 1. The molecule has 5 heteroatoms. The van der Waals surface area contributed by atoms with E-state index in [1.165, 1.54) is 0 Å². The Morgan fingerprint density at radius 3 is 2.60 bits per heavy atom. The fourth-order valence-corrected chi connectivity index (χ4v) is 5.51. The molecule has 1 atom stereocenters. The molecule has 4 nitrogen and oxygen atoms in total. The van der Waals surface area contributed by atoms with Crippen LogP contribution in [0.2, 0.25) is 0 Å². The van der Waals surface area contributed by atoms with Gasteiger partial charge >= 0.3 is 0 Å². The Hall–Kier alpha value is -1.07. The number of para-hydroxylation sites is 1. The summed E-state index contributed by atoms with van der Waals surface area (Å²) in [5, 5.41) is 3.00. The third-order valence-electron chi connectivity index (χ3n) is 4.44. The molecule has 1 N–H and O–H groups in total. The van der Waals surface area contributed by atoms with Crippen molar-refractivity contribution in [1.29, 1.82) is 0 Å². The molecule has 1 saturated heterocycles. The topological polar surface area (TPSA) is 49.4 Å². The van der Waals surface area contributed by atoms with Gasteiger partial charge in [0.25, 0.3) is 0 Å². The second-order valence-corrected chi connectivity index (χ2v) is 7.90. The number of anilines is 1. The van der Waals surface area contributed by atoms with E-state index in [0.717, 1.165) is 37.2 Å². The standard InChI is InChI=1S/C15H22N2O2S/c1-12-6-7-13-4-2-3-5-15(13)17(12)20(18,19)14-8-10-16-11-9-14/h2-5,12,14,16H,6-11H2,1H3. The van der Waals surface area contributed by atoms with Crippen molar-refractivity contribution in [1.82, 2.24) is 5.32 Å². The van der Waals surface area contributed by atoms with Crippen LogP contribution in [0.4, 0.5) is 5.69 Å². The highest BCUT2D eigenvalue weighted by Crippen LogP contribution is 2.35. The maximum Gasteiger partial charge on any atom is 0.238 e. The van der Waals surface area contributed by atoms with Crippen LogP contribution >= 0.6 is 0 Å². The van der Waals surface area contributed by atoms with E-state index >= 15 is 0 Å². The summed E-state index contributed by atoms with van der Waals surface area (Å²) in [5.74, 6) is 0. The molecule has 0 bridgehead atoms. The number of hydrogen-bond donors (Lipinski definition) is 1. The molecule has 1 unspecified atom stereocenters. The van der Waals surface area contributed by atoms with Gasteiger partial charge in [-0.15, -0.1) is 0 Å². The predicted molar refractivity (Wildman–Crippen MR) is 81.5 cm³/mol. The Balaban J connectivity index is 1.99. The summed E-state index contributed by atoms with van der Waals surface area (Å²) in [4.78, 5) is 0. The number of piperidine rings is 1. The average molecular weight is 294 g/mol. The van der Waals surface area contributed by atoms with Gasteiger partial charge in [-0.25, -0.2) is 8.42 Å². The SMILES string of the molecule is CC1CCc2ccccc2N1S(=O)(=O)C1CCNCC1. The maximum atomic E-state index is 13.0. The number of rotatable bonds is 2. The summed E-state index contributed by atoms with van der Waals surface area (Å²) in [7, 11) is -3.25. The summed E-state index contributed by atoms with van der Waals surface area (Å²) in [5.41, 5.74) is 2.05. The van der Waals surface area contributed by atoms with E-state index in [1.807, 2.05) is 31.2 Å². The summed E-state index contributed by atoms with van der Waals surface area (Å²) < 4.78 is 27.7. The molecule has 0 aliphatic carbocycles. The lowest BCUT2D eigenvalue weighted by molar-refractivity contribution is 0.487. The fourth-order valence-electron chi connectivity index (χ4n) is 3.30. The van der Waals surface area contributed by atoms with Crippen molar-refractivity contribution in [2.45, 2.75) is 43.9 Å². The molecule has 0 radical (unpaired) electrons. The third-order valence-corrected chi connectivity index (χ3v) is 6.86. The monoisotopic (exact) mass is 294 g/mol. The maximum absolute atomic E-state index is 13.0. The van der Waals surface area contributed by atoms with Crippen LogP contribution in [0.3, 0.4) is 0 Å². The minimum Gasteiger partial charge on any atom is -0.317 e. The van der Waals surface area contributed by atoms with E-state index in [4.69, 9.17) is 0 Å². The molecule has 1 fully saturated rings. The van der Waals surface area contributed by atoms with Gasteiger partial charge < -0.3 is 5.32 Å². The van der Waals surface area contributed by atoms with E-state index in [1.54, 1.807) is 4.31 Å². The van der Waals surface area contributed by atoms with E-state index in [0.29, 0.717) is 12.8 Å². The second kappa shape index (κ2) is 5.37. The molecule has 20 heavy (non-hydrogen) atoms. The van der Waals surface area contributed by atoms with Crippen molar-refractivity contribution in [2.24, 2.45) is 0 Å². The molecule has 3 rings (SSSR count). The van der Waals surface area contributed by atoms with Crippen LogP contribution in [0, 0.1) is 0 Å². The smallest absolute Gasteiger partial charge is 0.238 e. The van der Waals surface area contributed by atoms with Crippen LogP contribution < -0.4 is 9.62 Å². The first-order chi connectivity index (χ1) is 9.60. The van der Waals surface area contributed by atoms with Crippen LogP contribution in [-0.2, 0) is 16.4 Å². The summed E-state index contributed by atoms with van der Waals surface area (Å²) in [6, 6.07) is 7.98. The summed E-state index contributed by atoms with van der Waals surface area (Å²) in [6.45, 7) is 3.62. The van der Waals surface area contributed by atoms with Gasteiger partial charge in [0.05, 0.1) is 10.9 Å². The molecule has 1 aromatic rings. The van der Waals surface area contributed by atoms with Crippen LogP contribution in [0.5, 0.6) is 0 Å². The highest BCUT2D eigenvalue weighted by atomic mass is 32.2. The molecule has 1 aromatic carbocycles. The lowest BCUT2D eigenvalue weighted by Gasteiger charge is -2.39. The molecule has 2 aliphatic heterocycles. The van der Waals surface area contributed by atoms with Crippen molar-refractivity contribution in [2.75, 3.05) is 17.4 Å². The van der Waals surface area contributed by atoms with E-state index in [2.05, 4.69) is 5.32 Å². The first kappa shape index (κ1) is 13.9. The molecule has 0 amide bonds. The van der Waals surface area contributed by atoms with Gasteiger partial charge in [-0.2, -0.15) is 0 Å². The lowest BCUT2D eigenvalue weighted by atomic mass is 9.99. The Morgan fingerprint density at radius 1 is 1.15 bits per heavy atom. The number of nitrogens with one attached hydrogen (secondary N) is 1. The number of nitrogens with zero attached hydrogens (tertiary/aromatic N) is 1. The Bertz CT molecular complexity index is 579. The Morgan fingerprint density at radius 2 is 1.85 bits per heavy atom. The number of fused-ring (bicyclic) bond motifs is 1. The number of hydrogen-bond acceptors (Lipinski definition) is 3. The van der Waals surface area contributed by atoms with Crippen molar-refractivity contribution in [3.8, 4) is 0 Å². The highest BCUT2D eigenvalue weighted by Gasteiger charge is 2.38. The Kier molecular flexibility index (Phi) is 3.73. The van der Waals surface area contributed by atoms with Crippen LogP contribution in [0.25, 0.3) is 0 Å². The van der Waals surface area contributed by atoms with E-state index in [9.17, 15) is 8.42 Å². The van der Waals surface area contributed by atoms with Gasteiger partial charge in [-0.3, -0.25) is 4.31 Å². The normalized spacial score (nSPS) is 24.4. The molecule has 0 spiro atoms. The second-order valence-electron chi connectivity index (χ2n) is 5.81. The van der Waals surface area contributed by atoms with Crippen molar-refractivity contribution < 1.29 is 8.42 Å². The van der Waals surface area contributed by atoms with Gasteiger partial charge in [0, 0.05) is 6.04 Å². The minimum atomic E-state index is -3.25. The van der Waals surface area contributed by atoms with Crippen molar-refractivity contribution in [3.63, 3.8) is 0 Å². The number of sulfonamides is 1. The largest absolute Gasteiger partial charge is 0.317 e. The zero-order chi connectivity index (χ0) is 14.2. The van der Waals surface area contributed by atoms with Crippen LogP contribution in [-0.4, -0.2) is 32.8 Å². The lowest BCUT2D eigenvalue weighted by Crippen LogP contribution is -2.49. The molecule has 0 aromatic heterocycles.